The Balaban J connectivity index is 2.85. The molecule has 1 heterocycles. The lowest BCUT2D eigenvalue weighted by molar-refractivity contribution is -0.143. The summed E-state index contributed by atoms with van der Waals surface area (Å²) < 4.78 is 60.4. The van der Waals surface area contributed by atoms with E-state index in [0.29, 0.717) is 6.07 Å². The summed E-state index contributed by atoms with van der Waals surface area (Å²) in [4.78, 5) is 25.4. The van der Waals surface area contributed by atoms with E-state index in [1.165, 1.54) is 0 Å². The second-order valence-corrected chi connectivity index (χ2v) is 6.18. The summed E-state index contributed by atoms with van der Waals surface area (Å²) in [7, 11) is 0.808. The van der Waals surface area contributed by atoms with Crippen LogP contribution in [0.5, 0.6) is 5.75 Å². The average Bonchev–Trinajstić information content (AvgIpc) is 2.55. The van der Waals surface area contributed by atoms with Gasteiger partial charge in [-0.2, -0.15) is 18.4 Å². The summed E-state index contributed by atoms with van der Waals surface area (Å²) in [6, 6.07) is 3.24. The SMILES string of the molecule is CC(C)COc1cc(-c2c(C(F)(F)F)n(C)c(=O)[nH]c2=O)c(F)cc1C#N. The van der Waals surface area contributed by atoms with Gasteiger partial charge in [0.25, 0.3) is 5.56 Å². The molecule has 0 amide bonds. The van der Waals surface area contributed by atoms with E-state index in [4.69, 9.17) is 10.00 Å². The molecule has 0 atom stereocenters. The van der Waals surface area contributed by atoms with E-state index in [9.17, 15) is 27.2 Å². The number of hydrogen-bond donors (Lipinski definition) is 1. The molecule has 0 radical (unpaired) electrons. The van der Waals surface area contributed by atoms with Crippen molar-refractivity contribution in [2.75, 3.05) is 6.61 Å². The van der Waals surface area contributed by atoms with Crippen LogP contribution in [0.2, 0.25) is 0 Å². The molecule has 1 aromatic heterocycles. The highest BCUT2D eigenvalue weighted by Crippen LogP contribution is 2.37. The minimum atomic E-state index is -5.10. The fraction of sp³-hybridized carbons (Fsp3) is 0.353. The quantitative estimate of drug-likeness (QED) is 0.820. The molecule has 0 saturated carbocycles. The van der Waals surface area contributed by atoms with Gasteiger partial charge in [0.1, 0.15) is 23.3 Å². The zero-order valence-corrected chi connectivity index (χ0v) is 14.6. The molecule has 1 aromatic carbocycles. The molecule has 2 aromatic rings. The van der Waals surface area contributed by atoms with Crippen LogP contribution in [0.4, 0.5) is 17.6 Å². The van der Waals surface area contributed by atoms with Crippen LogP contribution in [-0.2, 0) is 13.2 Å². The highest BCUT2D eigenvalue weighted by molar-refractivity contribution is 5.70. The van der Waals surface area contributed by atoms with Gasteiger partial charge < -0.3 is 4.74 Å². The van der Waals surface area contributed by atoms with Crippen molar-refractivity contribution < 1.29 is 22.3 Å². The first-order chi connectivity index (χ1) is 12.5. The number of halogens is 4. The Morgan fingerprint density at radius 1 is 1.30 bits per heavy atom. The first-order valence-electron chi connectivity index (χ1n) is 7.74. The molecule has 0 aliphatic heterocycles. The normalized spacial score (nSPS) is 11.5. The molecular weight excluding hydrogens is 370 g/mol. The molecular formula is C17H15F4N3O3. The Hall–Kier alpha value is -3.09. The lowest BCUT2D eigenvalue weighted by Gasteiger charge is -2.17. The lowest BCUT2D eigenvalue weighted by atomic mass is 10.0. The largest absolute Gasteiger partial charge is 0.492 e. The van der Waals surface area contributed by atoms with Gasteiger partial charge in [-0.25, -0.2) is 9.18 Å². The maximum absolute atomic E-state index is 14.5. The minimum Gasteiger partial charge on any atom is -0.492 e. The van der Waals surface area contributed by atoms with Crippen LogP contribution in [-0.4, -0.2) is 16.2 Å². The Kier molecular flexibility index (Phi) is 5.44. The number of aromatic amines is 1. The average molecular weight is 385 g/mol. The van der Waals surface area contributed by atoms with Crippen LogP contribution >= 0.6 is 0 Å². The fourth-order valence-electron chi connectivity index (χ4n) is 2.41. The number of aromatic nitrogens is 2. The maximum Gasteiger partial charge on any atom is 0.432 e. The zero-order chi connectivity index (χ0) is 20.5. The summed E-state index contributed by atoms with van der Waals surface area (Å²) in [5.74, 6) is -1.36. The van der Waals surface area contributed by atoms with E-state index in [0.717, 1.165) is 13.1 Å². The van der Waals surface area contributed by atoms with Gasteiger partial charge in [-0.05, 0) is 18.1 Å². The molecule has 144 valence electrons. The second-order valence-electron chi connectivity index (χ2n) is 6.18. The van der Waals surface area contributed by atoms with Crippen molar-refractivity contribution in [3.8, 4) is 22.9 Å². The molecule has 0 spiro atoms. The van der Waals surface area contributed by atoms with Gasteiger partial charge in [-0.15, -0.1) is 0 Å². The Morgan fingerprint density at radius 3 is 2.44 bits per heavy atom. The third-order valence-electron chi connectivity index (χ3n) is 3.62. The monoisotopic (exact) mass is 385 g/mol. The van der Waals surface area contributed by atoms with Crippen molar-refractivity contribution in [1.29, 1.82) is 5.26 Å². The first kappa shape index (κ1) is 20.2. The predicted octanol–water partition coefficient (Wildman–Crippen LogP) is 2.80. The molecule has 0 unspecified atom stereocenters. The second kappa shape index (κ2) is 7.26. The van der Waals surface area contributed by atoms with E-state index in [1.807, 2.05) is 0 Å². The molecule has 2 rings (SSSR count). The number of hydrogen-bond acceptors (Lipinski definition) is 4. The molecule has 0 saturated heterocycles. The van der Waals surface area contributed by atoms with Crippen LogP contribution in [0, 0.1) is 23.1 Å². The summed E-state index contributed by atoms with van der Waals surface area (Å²) in [6.45, 7) is 3.72. The van der Waals surface area contributed by atoms with Gasteiger partial charge in [-0.3, -0.25) is 14.3 Å². The lowest BCUT2D eigenvalue weighted by Crippen LogP contribution is -2.35. The standard InChI is InChI=1S/C17H15F4N3O3/c1-8(2)7-27-12-5-10(11(18)4-9(12)6-22)13-14(17(19,20)21)24(3)16(26)23-15(13)25/h4-5,8H,7H2,1-3H3,(H,23,25,26). The van der Waals surface area contributed by atoms with Crippen LogP contribution in [0.3, 0.4) is 0 Å². The van der Waals surface area contributed by atoms with Gasteiger partial charge in [0.15, 0.2) is 0 Å². The number of ether oxygens (including phenoxy) is 1. The summed E-state index contributed by atoms with van der Waals surface area (Å²) in [5, 5.41) is 9.10. The van der Waals surface area contributed by atoms with Crippen molar-refractivity contribution in [2.24, 2.45) is 13.0 Å². The highest BCUT2D eigenvalue weighted by Gasteiger charge is 2.39. The van der Waals surface area contributed by atoms with E-state index < -0.39 is 40.1 Å². The van der Waals surface area contributed by atoms with Crippen molar-refractivity contribution in [3.63, 3.8) is 0 Å². The predicted molar refractivity (Wildman–Crippen MR) is 87.7 cm³/mol. The third kappa shape index (κ3) is 4.02. The fourth-order valence-corrected chi connectivity index (χ4v) is 2.41. The topological polar surface area (TPSA) is 87.9 Å². The van der Waals surface area contributed by atoms with Gasteiger partial charge in [0, 0.05) is 12.6 Å². The maximum atomic E-state index is 14.5. The number of nitrogens with zero attached hydrogens (tertiary/aromatic N) is 2. The van der Waals surface area contributed by atoms with Crippen molar-refractivity contribution in [3.05, 3.63) is 50.0 Å². The Labute approximate surface area is 150 Å². The zero-order valence-electron chi connectivity index (χ0n) is 14.6. The van der Waals surface area contributed by atoms with Gasteiger partial charge in [-0.1, -0.05) is 13.8 Å². The number of benzene rings is 1. The Bertz CT molecular complexity index is 1030. The van der Waals surface area contributed by atoms with Gasteiger partial charge in [0.2, 0.25) is 0 Å². The van der Waals surface area contributed by atoms with Crippen molar-refractivity contribution in [1.82, 2.24) is 9.55 Å². The number of nitrogens with one attached hydrogen (secondary N) is 1. The molecule has 0 fully saturated rings. The highest BCUT2D eigenvalue weighted by atomic mass is 19.4. The van der Waals surface area contributed by atoms with Crippen LogP contribution < -0.4 is 16.0 Å². The minimum absolute atomic E-state index is 0.0248. The van der Waals surface area contributed by atoms with Gasteiger partial charge in [0.05, 0.1) is 17.7 Å². The van der Waals surface area contributed by atoms with Crippen molar-refractivity contribution >= 4 is 0 Å². The molecule has 0 bridgehead atoms. The number of alkyl halides is 3. The number of nitriles is 1. The first-order valence-corrected chi connectivity index (χ1v) is 7.74. The number of rotatable bonds is 4. The molecule has 0 aliphatic rings. The van der Waals surface area contributed by atoms with Crippen LogP contribution in [0.25, 0.3) is 11.1 Å². The summed E-state index contributed by atoms with van der Waals surface area (Å²) >= 11 is 0. The Morgan fingerprint density at radius 2 is 1.93 bits per heavy atom. The smallest absolute Gasteiger partial charge is 0.432 e. The summed E-state index contributed by atoms with van der Waals surface area (Å²) in [6.07, 6.45) is -5.10. The van der Waals surface area contributed by atoms with E-state index in [-0.39, 0.29) is 28.4 Å². The van der Waals surface area contributed by atoms with E-state index in [2.05, 4.69) is 0 Å². The van der Waals surface area contributed by atoms with E-state index in [1.54, 1.807) is 24.9 Å². The van der Waals surface area contributed by atoms with Crippen molar-refractivity contribution in [2.45, 2.75) is 20.0 Å². The molecule has 6 nitrogen and oxygen atoms in total. The molecule has 27 heavy (non-hydrogen) atoms. The van der Waals surface area contributed by atoms with E-state index >= 15 is 0 Å². The third-order valence-corrected chi connectivity index (χ3v) is 3.62. The van der Waals surface area contributed by atoms with Crippen LogP contribution in [0.15, 0.2) is 21.7 Å². The molecule has 0 aliphatic carbocycles. The molecule has 1 N–H and O–H groups in total. The molecule has 10 heteroatoms. The van der Waals surface area contributed by atoms with Gasteiger partial charge >= 0.3 is 11.9 Å². The summed E-state index contributed by atoms with van der Waals surface area (Å²) in [5.41, 5.74) is -6.32. The van der Waals surface area contributed by atoms with Crippen LogP contribution in [0.1, 0.15) is 25.1 Å². The number of H-pyrrole nitrogens is 1.